The van der Waals surface area contributed by atoms with Crippen molar-refractivity contribution < 1.29 is 23.9 Å². The van der Waals surface area contributed by atoms with Gasteiger partial charge >= 0.3 is 0 Å². The second-order valence-electron chi connectivity index (χ2n) is 11.4. The van der Waals surface area contributed by atoms with Gasteiger partial charge in [-0.2, -0.15) is 0 Å². The number of hydrogen-bond acceptors (Lipinski definition) is 8. The van der Waals surface area contributed by atoms with Gasteiger partial charge in [-0.15, -0.1) is 23.1 Å². The van der Waals surface area contributed by atoms with Crippen molar-refractivity contribution in [3.8, 4) is 22.8 Å². The number of amides is 3. The summed E-state index contributed by atoms with van der Waals surface area (Å²) < 4.78 is 10.8. The number of hydrogen-bond donors (Lipinski definition) is 3. The molecule has 9 nitrogen and oxygen atoms in total. The zero-order valence-corrected chi connectivity index (χ0v) is 30.9. The highest BCUT2D eigenvalue weighted by molar-refractivity contribution is 8.00. The number of rotatable bonds is 13. The van der Waals surface area contributed by atoms with Gasteiger partial charge in [0.15, 0.2) is 5.13 Å². The second-order valence-corrected chi connectivity index (χ2v) is 13.8. The van der Waals surface area contributed by atoms with Crippen molar-refractivity contribution in [1.29, 1.82) is 0 Å². The van der Waals surface area contributed by atoms with E-state index in [9.17, 15) is 14.4 Å². The first kappa shape index (κ1) is 36.9. The molecule has 0 saturated heterocycles. The molecule has 266 valence electrons. The summed E-state index contributed by atoms with van der Waals surface area (Å²) in [7, 11) is 3.05. The van der Waals surface area contributed by atoms with E-state index in [0.717, 1.165) is 16.0 Å². The van der Waals surface area contributed by atoms with Crippen molar-refractivity contribution in [2.75, 3.05) is 24.9 Å². The van der Waals surface area contributed by atoms with Gasteiger partial charge in [-0.3, -0.25) is 14.4 Å². The highest BCUT2D eigenvalue weighted by Crippen LogP contribution is 2.38. The molecule has 1 atom stereocenters. The van der Waals surface area contributed by atoms with Crippen molar-refractivity contribution in [3.63, 3.8) is 0 Å². The number of benzene rings is 5. The Bertz CT molecular complexity index is 2260. The molecule has 0 aliphatic rings. The first-order valence-electron chi connectivity index (χ1n) is 16.3. The zero-order chi connectivity index (χ0) is 37.2. The molecule has 53 heavy (non-hydrogen) atoms. The second kappa shape index (κ2) is 17.6. The van der Waals surface area contributed by atoms with E-state index in [4.69, 9.17) is 21.1 Å². The topological polar surface area (TPSA) is 119 Å². The summed E-state index contributed by atoms with van der Waals surface area (Å²) in [6.45, 7) is 0. The molecular weight excluding hydrogens is 728 g/mol. The Kier molecular flexibility index (Phi) is 12.2. The molecule has 12 heteroatoms. The Balaban J connectivity index is 1.24. The first-order chi connectivity index (χ1) is 25.8. The molecule has 6 rings (SSSR count). The fraction of sp³-hybridized carbons (Fsp3) is 0.0732. The Morgan fingerprint density at radius 2 is 1.55 bits per heavy atom. The molecular formula is C41H33ClN4O5S2. The molecule has 3 amide bonds. The number of nitrogens with zero attached hydrogens (tertiary/aromatic N) is 1. The van der Waals surface area contributed by atoms with Gasteiger partial charge in [-0.1, -0.05) is 84.4 Å². The molecule has 0 spiro atoms. The van der Waals surface area contributed by atoms with E-state index in [1.807, 2.05) is 60.0 Å². The van der Waals surface area contributed by atoms with Gasteiger partial charge in [-0.05, 0) is 60.2 Å². The van der Waals surface area contributed by atoms with Crippen molar-refractivity contribution in [1.82, 2.24) is 10.3 Å². The van der Waals surface area contributed by atoms with E-state index in [0.29, 0.717) is 44.2 Å². The van der Waals surface area contributed by atoms with Crippen molar-refractivity contribution in [2.45, 2.75) is 10.1 Å². The maximum atomic E-state index is 13.9. The minimum absolute atomic E-state index is 0.0125. The summed E-state index contributed by atoms with van der Waals surface area (Å²) in [6.07, 6.45) is 1.54. The highest BCUT2D eigenvalue weighted by atomic mass is 35.5. The van der Waals surface area contributed by atoms with Crippen LogP contribution >= 0.6 is 34.7 Å². The van der Waals surface area contributed by atoms with Gasteiger partial charge in [0.25, 0.3) is 11.8 Å². The van der Waals surface area contributed by atoms with E-state index in [1.165, 1.54) is 30.2 Å². The lowest BCUT2D eigenvalue weighted by Gasteiger charge is -2.17. The number of aromatic nitrogens is 1. The molecule has 0 aliphatic heterocycles. The van der Waals surface area contributed by atoms with Crippen molar-refractivity contribution in [2.24, 2.45) is 0 Å². The van der Waals surface area contributed by atoms with Gasteiger partial charge in [0.05, 0.1) is 19.9 Å². The van der Waals surface area contributed by atoms with Crippen molar-refractivity contribution >= 4 is 69.3 Å². The number of thiazole rings is 1. The molecule has 1 aromatic heterocycles. The molecule has 0 saturated carbocycles. The minimum Gasteiger partial charge on any atom is -0.497 e. The summed E-state index contributed by atoms with van der Waals surface area (Å²) in [5.74, 6) is -0.267. The number of carbonyl (C=O) groups excluding carboxylic acids is 3. The number of carbonyl (C=O) groups is 3. The van der Waals surface area contributed by atoms with Gasteiger partial charge in [0.1, 0.15) is 22.4 Å². The normalized spacial score (nSPS) is 11.6. The monoisotopic (exact) mass is 760 g/mol. The smallest absolute Gasteiger partial charge is 0.272 e. The number of ether oxygens (including phenoxy) is 2. The summed E-state index contributed by atoms with van der Waals surface area (Å²) in [4.78, 5) is 46.2. The SMILES string of the molecule is COc1ccc(/C=C(/NC(=O)c2ccccc2)C(=O)Nc2cccc(SC(C(=O)Nc3nc(-c4ccccc4Cl)cs3)c3ccccc3)c2)c(OC)c1. The van der Waals surface area contributed by atoms with Gasteiger partial charge in [0.2, 0.25) is 5.91 Å². The summed E-state index contributed by atoms with van der Waals surface area (Å²) in [5.41, 5.74) is 3.61. The van der Waals surface area contributed by atoms with Crippen LogP contribution in [0.2, 0.25) is 5.02 Å². The maximum Gasteiger partial charge on any atom is 0.272 e. The Morgan fingerprint density at radius 1 is 0.811 bits per heavy atom. The number of anilines is 2. The maximum absolute atomic E-state index is 13.9. The fourth-order valence-corrected chi connectivity index (χ4v) is 7.24. The van der Waals surface area contributed by atoms with Crippen LogP contribution in [0.4, 0.5) is 10.8 Å². The first-order valence-corrected chi connectivity index (χ1v) is 18.4. The highest BCUT2D eigenvalue weighted by Gasteiger charge is 2.24. The molecule has 0 fully saturated rings. The predicted octanol–water partition coefficient (Wildman–Crippen LogP) is 9.36. The molecule has 1 heterocycles. The Morgan fingerprint density at radius 3 is 2.28 bits per heavy atom. The van der Waals surface area contributed by atoms with E-state index >= 15 is 0 Å². The molecule has 5 aromatic carbocycles. The summed E-state index contributed by atoms with van der Waals surface area (Å²) >= 11 is 9.01. The van der Waals surface area contributed by atoms with Crippen LogP contribution in [0, 0.1) is 0 Å². The third kappa shape index (κ3) is 9.52. The van der Waals surface area contributed by atoms with Crippen molar-refractivity contribution in [3.05, 3.63) is 160 Å². The number of halogens is 1. The average Bonchev–Trinajstić information content (AvgIpc) is 3.65. The number of nitrogens with one attached hydrogen (secondary N) is 3. The molecule has 0 aliphatic carbocycles. The standard InChI is InChI=1S/C41H33ClN4O5S2/c1-50-30-21-20-28(36(24-30)51-2)22-34(44-38(47)27-14-7-4-8-15-27)39(48)43-29-16-11-17-31(23-29)53-37(26-12-5-3-6-13-26)40(49)46-41-45-35(25-52-41)32-18-9-10-19-33(32)42/h3-25,37H,1-2H3,(H,43,48)(H,44,47)(H,45,46,49)/b34-22+. The Hall–Kier alpha value is -5.88. The van der Waals surface area contributed by atoms with Crippen LogP contribution < -0.4 is 25.4 Å². The fourth-order valence-electron chi connectivity index (χ4n) is 5.21. The molecule has 1 unspecified atom stereocenters. The van der Waals surface area contributed by atoms with E-state index in [-0.39, 0.29) is 11.6 Å². The van der Waals surface area contributed by atoms with E-state index in [1.54, 1.807) is 86.0 Å². The molecule has 0 radical (unpaired) electrons. The van der Waals surface area contributed by atoms with Gasteiger partial charge in [-0.25, -0.2) is 4.98 Å². The number of methoxy groups -OCH3 is 2. The largest absolute Gasteiger partial charge is 0.497 e. The van der Waals surface area contributed by atoms with Crippen LogP contribution in [0.25, 0.3) is 17.3 Å². The van der Waals surface area contributed by atoms with Crippen LogP contribution in [0.5, 0.6) is 11.5 Å². The molecule has 6 aromatic rings. The average molecular weight is 761 g/mol. The Labute approximate surface area is 320 Å². The van der Waals surface area contributed by atoms with Crippen LogP contribution in [0.1, 0.15) is 26.7 Å². The zero-order valence-electron chi connectivity index (χ0n) is 28.5. The third-order valence-corrected chi connectivity index (χ3v) is 10.2. The van der Waals surface area contributed by atoms with Crippen LogP contribution in [-0.2, 0) is 9.59 Å². The third-order valence-electron chi connectivity index (χ3n) is 7.84. The summed E-state index contributed by atoms with van der Waals surface area (Å²) in [6, 6.07) is 37.7. The lowest BCUT2D eigenvalue weighted by molar-refractivity contribution is -0.116. The molecule has 3 N–H and O–H groups in total. The predicted molar refractivity (Wildman–Crippen MR) is 213 cm³/mol. The minimum atomic E-state index is -0.655. The quantitative estimate of drug-likeness (QED) is 0.0793. The molecule has 0 bridgehead atoms. The van der Waals surface area contributed by atoms with E-state index < -0.39 is 17.1 Å². The summed E-state index contributed by atoms with van der Waals surface area (Å²) in [5, 5.41) is 10.8. The lowest BCUT2D eigenvalue weighted by atomic mass is 10.1. The van der Waals surface area contributed by atoms with E-state index in [2.05, 4.69) is 20.9 Å². The lowest BCUT2D eigenvalue weighted by Crippen LogP contribution is -2.30. The van der Waals surface area contributed by atoms with Crippen LogP contribution in [0.15, 0.2) is 143 Å². The number of thioether (sulfide) groups is 1. The van der Waals surface area contributed by atoms with Crippen LogP contribution in [-0.4, -0.2) is 36.9 Å². The van der Waals surface area contributed by atoms with Gasteiger partial charge in [0, 0.05) is 43.7 Å². The van der Waals surface area contributed by atoms with Gasteiger partial charge < -0.3 is 25.4 Å². The van der Waals surface area contributed by atoms with Crippen LogP contribution in [0.3, 0.4) is 0 Å².